The van der Waals surface area contributed by atoms with Crippen LogP contribution >= 0.6 is 0 Å². The summed E-state index contributed by atoms with van der Waals surface area (Å²) in [7, 11) is 5.29. The molecule has 0 bridgehead atoms. The van der Waals surface area contributed by atoms with Crippen molar-refractivity contribution in [3.63, 3.8) is 0 Å². The first-order valence-corrected chi connectivity index (χ1v) is 4.61. The van der Waals surface area contributed by atoms with Crippen LogP contribution in [0.15, 0.2) is 0 Å². The van der Waals surface area contributed by atoms with Crippen LogP contribution in [-0.2, 0) is 0 Å². The average molecular weight is 132 g/mol. The van der Waals surface area contributed by atoms with Gasteiger partial charge in [-0.05, 0) is 20.5 Å². The second-order valence-corrected chi connectivity index (χ2v) is 2.92. The van der Waals surface area contributed by atoms with E-state index in [0.717, 1.165) is 0 Å². The van der Waals surface area contributed by atoms with Crippen LogP contribution < -0.4 is 10.6 Å². The predicted molar refractivity (Wildman–Crippen MR) is 41.3 cm³/mol. The van der Waals surface area contributed by atoms with Gasteiger partial charge in [-0.1, -0.05) is 6.04 Å². The molecule has 0 rings (SSSR count). The second kappa shape index (κ2) is 5.28. The van der Waals surface area contributed by atoms with E-state index >= 15 is 0 Å². The molecule has 50 valence electrons. The molecule has 0 unspecified atom stereocenters. The number of hydrogen-bond donors (Lipinski definition) is 2. The molecule has 0 saturated carbocycles. The van der Waals surface area contributed by atoms with Gasteiger partial charge < -0.3 is 10.6 Å². The highest BCUT2D eigenvalue weighted by molar-refractivity contribution is 6.08. The molecule has 0 atom stereocenters. The molecule has 0 aromatic heterocycles. The molecule has 0 aromatic rings. The molecular weight excluding hydrogens is 116 g/mol. The zero-order chi connectivity index (χ0) is 6.41. The summed E-state index contributed by atoms with van der Waals surface area (Å²) in [6, 6.07) is 1.37. The minimum Gasteiger partial charge on any atom is -0.305 e. The molecule has 0 aliphatic rings. The van der Waals surface area contributed by atoms with Gasteiger partial charge in [-0.2, -0.15) is 0 Å². The Morgan fingerprint density at radius 2 is 1.88 bits per heavy atom. The molecule has 2 nitrogen and oxygen atoms in total. The van der Waals surface area contributed by atoms with Gasteiger partial charge in [0.15, 0.2) is 0 Å². The minimum atomic E-state index is 0.535. The number of rotatable bonds is 4. The van der Waals surface area contributed by atoms with Crippen LogP contribution in [0.2, 0.25) is 6.04 Å². The Morgan fingerprint density at radius 3 is 2.00 bits per heavy atom. The van der Waals surface area contributed by atoms with Crippen molar-refractivity contribution in [3.8, 4) is 0 Å². The molecular formula is C5H16N2Si. The van der Waals surface area contributed by atoms with Gasteiger partial charge in [0, 0.05) is 10.2 Å². The van der Waals surface area contributed by atoms with Crippen molar-refractivity contribution >= 4 is 10.2 Å². The number of hydrogen-bond acceptors (Lipinski definition) is 2. The van der Waals surface area contributed by atoms with Gasteiger partial charge in [-0.3, -0.25) is 0 Å². The lowest BCUT2D eigenvalue weighted by Gasteiger charge is -2.12. The van der Waals surface area contributed by atoms with E-state index in [-0.39, 0.29) is 0 Å². The van der Waals surface area contributed by atoms with E-state index < -0.39 is 0 Å². The highest BCUT2D eigenvalue weighted by atomic mass is 28.1. The molecule has 0 aliphatic carbocycles. The van der Waals surface area contributed by atoms with Crippen LogP contribution in [0.4, 0.5) is 0 Å². The van der Waals surface area contributed by atoms with Gasteiger partial charge in [-0.15, -0.1) is 0 Å². The first-order chi connectivity index (χ1) is 3.85. The van der Waals surface area contributed by atoms with Crippen LogP contribution in [0.3, 0.4) is 0 Å². The van der Waals surface area contributed by atoms with Crippen LogP contribution in [0.5, 0.6) is 0 Å². The van der Waals surface area contributed by atoms with Gasteiger partial charge in [0.25, 0.3) is 0 Å². The first-order valence-electron chi connectivity index (χ1n) is 3.19. The van der Waals surface area contributed by atoms with Crippen molar-refractivity contribution in [2.75, 3.05) is 14.1 Å². The Balaban J connectivity index is 3.07. The fourth-order valence-corrected chi connectivity index (χ4v) is 1.30. The molecule has 0 radical (unpaired) electrons. The Hall–Kier alpha value is 0.137. The Morgan fingerprint density at radius 1 is 1.38 bits per heavy atom. The van der Waals surface area contributed by atoms with Crippen molar-refractivity contribution in [1.29, 1.82) is 0 Å². The summed E-state index contributed by atoms with van der Waals surface area (Å²) in [5.74, 6) is 0. The second-order valence-electron chi connectivity index (χ2n) is 1.92. The third-order valence-corrected chi connectivity index (χ3v) is 1.85. The quantitative estimate of drug-likeness (QED) is 0.376. The molecule has 8 heavy (non-hydrogen) atoms. The number of nitrogens with one attached hydrogen (secondary N) is 2. The Kier molecular flexibility index (Phi) is 5.37. The van der Waals surface area contributed by atoms with Gasteiger partial charge in [-0.25, -0.2) is 0 Å². The fraction of sp³-hybridized carbons (Fsp3) is 1.00. The van der Waals surface area contributed by atoms with Crippen LogP contribution in [0.25, 0.3) is 0 Å². The van der Waals surface area contributed by atoms with Crippen LogP contribution in [0, 0.1) is 0 Å². The normalized spacial score (nSPS) is 10.9. The Labute approximate surface area is 54.5 Å². The topological polar surface area (TPSA) is 24.1 Å². The van der Waals surface area contributed by atoms with Crippen molar-refractivity contribution < 1.29 is 0 Å². The molecule has 0 aromatic carbocycles. The lowest BCUT2D eigenvalue weighted by atomic mass is 10.4. The monoisotopic (exact) mass is 132 g/mol. The molecule has 0 heterocycles. The largest absolute Gasteiger partial charge is 0.305 e. The SMILES string of the molecule is CNC(CC[SiH3])NC. The zero-order valence-corrected chi connectivity index (χ0v) is 7.99. The fourth-order valence-electron chi connectivity index (χ4n) is 0.722. The van der Waals surface area contributed by atoms with Gasteiger partial charge in [0.05, 0.1) is 6.17 Å². The van der Waals surface area contributed by atoms with E-state index in [2.05, 4.69) is 10.6 Å². The maximum absolute atomic E-state index is 3.16. The van der Waals surface area contributed by atoms with E-state index in [1.807, 2.05) is 14.1 Å². The minimum absolute atomic E-state index is 0.535. The summed E-state index contributed by atoms with van der Waals surface area (Å²) >= 11 is 0. The molecule has 2 N–H and O–H groups in total. The van der Waals surface area contributed by atoms with Gasteiger partial charge >= 0.3 is 0 Å². The molecule has 3 heteroatoms. The molecule has 0 saturated heterocycles. The van der Waals surface area contributed by atoms with E-state index in [0.29, 0.717) is 6.17 Å². The van der Waals surface area contributed by atoms with Gasteiger partial charge in [0.1, 0.15) is 0 Å². The van der Waals surface area contributed by atoms with E-state index in [1.54, 1.807) is 0 Å². The summed E-state index contributed by atoms with van der Waals surface area (Å²) in [4.78, 5) is 0. The maximum Gasteiger partial charge on any atom is 0.0563 e. The molecule has 0 spiro atoms. The zero-order valence-electron chi connectivity index (χ0n) is 5.99. The smallest absolute Gasteiger partial charge is 0.0563 e. The standard InChI is InChI=1S/C5H16N2Si/c1-6-5(7-2)3-4-8/h5-7H,3-4H2,1-2,8H3. The van der Waals surface area contributed by atoms with Crippen molar-refractivity contribution in [2.45, 2.75) is 18.6 Å². The third kappa shape index (κ3) is 3.18. The summed E-state index contributed by atoms with van der Waals surface area (Å²) in [6.45, 7) is 0. The maximum atomic E-state index is 3.16. The first kappa shape index (κ1) is 8.14. The third-order valence-electron chi connectivity index (χ3n) is 1.27. The van der Waals surface area contributed by atoms with Crippen molar-refractivity contribution in [3.05, 3.63) is 0 Å². The summed E-state index contributed by atoms with van der Waals surface area (Å²) in [5.41, 5.74) is 0. The highest BCUT2D eigenvalue weighted by Crippen LogP contribution is 1.87. The van der Waals surface area contributed by atoms with E-state index in [1.165, 1.54) is 22.7 Å². The van der Waals surface area contributed by atoms with E-state index in [9.17, 15) is 0 Å². The summed E-state index contributed by atoms with van der Waals surface area (Å²) < 4.78 is 0. The Bertz CT molecular complexity index is 45.7. The van der Waals surface area contributed by atoms with Crippen molar-refractivity contribution in [2.24, 2.45) is 0 Å². The van der Waals surface area contributed by atoms with Gasteiger partial charge in [0.2, 0.25) is 0 Å². The summed E-state index contributed by atoms with van der Waals surface area (Å²) in [6.07, 6.45) is 1.80. The van der Waals surface area contributed by atoms with Crippen LogP contribution in [-0.4, -0.2) is 30.5 Å². The lowest BCUT2D eigenvalue weighted by Crippen LogP contribution is -2.37. The lowest BCUT2D eigenvalue weighted by molar-refractivity contribution is 0.481. The van der Waals surface area contributed by atoms with Crippen molar-refractivity contribution in [1.82, 2.24) is 10.6 Å². The average Bonchev–Trinajstić information content (AvgIpc) is 1.83. The molecule has 0 aliphatic heterocycles. The molecule has 0 amide bonds. The molecule has 0 fully saturated rings. The predicted octanol–water partition coefficient (Wildman–Crippen LogP) is -1.07. The highest BCUT2D eigenvalue weighted by Gasteiger charge is 1.96. The van der Waals surface area contributed by atoms with E-state index in [4.69, 9.17) is 0 Å². The van der Waals surface area contributed by atoms with Crippen LogP contribution in [0.1, 0.15) is 6.42 Å². The summed E-state index contributed by atoms with van der Waals surface area (Å²) in [5, 5.41) is 6.33.